The molecule has 20 heavy (non-hydrogen) atoms. The molecule has 1 fully saturated rings. The van der Waals surface area contributed by atoms with Crippen molar-refractivity contribution in [2.24, 2.45) is 5.73 Å². The summed E-state index contributed by atoms with van der Waals surface area (Å²) in [6.45, 7) is 7.43. The van der Waals surface area contributed by atoms with E-state index in [1.165, 1.54) is 6.42 Å². The maximum Gasteiger partial charge on any atom is 0.407 e. The van der Waals surface area contributed by atoms with Crippen molar-refractivity contribution in [1.29, 1.82) is 0 Å². The molecular weight excluding hydrogens is 254 g/mol. The Bertz CT molecular complexity index is 289. The van der Waals surface area contributed by atoms with Crippen LogP contribution in [0.4, 0.5) is 4.79 Å². The molecule has 0 spiro atoms. The van der Waals surface area contributed by atoms with Gasteiger partial charge in [-0.25, -0.2) is 4.79 Å². The highest BCUT2D eigenvalue weighted by Crippen LogP contribution is 2.19. The summed E-state index contributed by atoms with van der Waals surface area (Å²) in [7, 11) is 0. The molecule has 0 aromatic carbocycles. The lowest BCUT2D eigenvalue weighted by Crippen LogP contribution is -2.45. The molecule has 0 heterocycles. The first kappa shape index (κ1) is 17.2. The van der Waals surface area contributed by atoms with Gasteiger partial charge in [-0.15, -0.1) is 0 Å². The van der Waals surface area contributed by atoms with Crippen LogP contribution < -0.4 is 16.4 Å². The summed E-state index contributed by atoms with van der Waals surface area (Å²) < 4.78 is 5.30. The van der Waals surface area contributed by atoms with Gasteiger partial charge in [0.15, 0.2) is 0 Å². The SMILES string of the molecule is CC(C)(C)OC(=O)NC1CCCC(NCCCCN)C1. The highest BCUT2D eigenvalue weighted by Gasteiger charge is 2.25. The van der Waals surface area contributed by atoms with Crippen molar-refractivity contribution < 1.29 is 9.53 Å². The largest absolute Gasteiger partial charge is 0.444 e. The van der Waals surface area contributed by atoms with E-state index in [9.17, 15) is 4.79 Å². The van der Waals surface area contributed by atoms with Crippen molar-refractivity contribution in [2.45, 2.75) is 77.0 Å². The normalized spacial score (nSPS) is 23.4. The molecule has 5 heteroatoms. The van der Waals surface area contributed by atoms with Crippen molar-refractivity contribution in [1.82, 2.24) is 10.6 Å². The molecule has 1 rings (SSSR count). The lowest BCUT2D eigenvalue weighted by atomic mass is 9.91. The minimum atomic E-state index is -0.432. The van der Waals surface area contributed by atoms with Gasteiger partial charge in [-0.05, 0) is 72.4 Å². The van der Waals surface area contributed by atoms with Crippen LogP contribution >= 0.6 is 0 Å². The lowest BCUT2D eigenvalue weighted by molar-refractivity contribution is 0.0488. The van der Waals surface area contributed by atoms with Crippen LogP contribution in [0.1, 0.15) is 59.3 Å². The summed E-state index contributed by atoms with van der Waals surface area (Å²) in [5, 5.41) is 6.55. The van der Waals surface area contributed by atoms with Gasteiger partial charge in [0.25, 0.3) is 0 Å². The van der Waals surface area contributed by atoms with Crippen LogP contribution in [0, 0.1) is 0 Å². The Balaban J connectivity index is 2.24. The molecule has 1 amide bonds. The fourth-order valence-corrected chi connectivity index (χ4v) is 2.56. The zero-order chi connectivity index (χ0) is 15.0. The topological polar surface area (TPSA) is 76.4 Å². The summed E-state index contributed by atoms with van der Waals surface area (Å²) in [4.78, 5) is 11.8. The Morgan fingerprint density at radius 3 is 2.60 bits per heavy atom. The maximum atomic E-state index is 11.8. The Kier molecular flexibility index (Phi) is 7.30. The number of nitrogens with two attached hydrogens (primary N) is 1. The number of rotatable bonds is 6. The van der Waals surface area contributed by atoms with Crippen LogP contribution in [-0.2, 0) is 4.74 Å². The lowest BCUT2D eigenvalue weighted by Gasteiger charge is -2.31. The second-order valence-corrected chi connectivity index (χ2v) is 6.66. The van der Waals surface area contributed by atoms with Gasteiger partial charge >= 0.3 is 6.09 Å². The molecule has 1 saturated carbocycles. The third-order valence-electron chi connectivity index (χ3n) is 3.46. The van der Waals surface area contributed by atoms with Crippen LogP contribution in [0.2, 0.25) is 0 Å². The fraction of sp³-hybridized carbons (Fsp3) is 0.933. The van der Waals surface area contributed by atoms with Gasteiger partial charge in [0.05, 0.1) is 0 Å². The fourth-order valence-electron chi connectivity index (χ4n) is 2.56. The monoisotopic (exact) mass is 285 g/mol. The van der Waals surface area contributed by atoms with Crippen LogP contribution in [-0.4, -0.2) is 36.9 Å². The first-order chi connectivity index (χ1) is 9.40. The second-order valence-electron chi connectivity index (χ2n) is 6.66. The molecule has 2 atom stereocenters. The Morgan fingerprint density at radius 2 is 1.95 bits per heavy atom. The zero-order valence-corrected chi connectivity index (χ0v) is 13.2. The Labute approximate surface area is 123 Å². The van der Waals surface area contributed by atoms with Crippen molar-refractivity contribution in [3.63, 3.8) is 0 Å². The molecule has 0 saturated heterocycles. The molecule has 0 bridgehead atoms. The van der Waals surface area contributed by atoms with E-state index in [-0.39, 0.29) is 12.1 Å². The van der Waals surface area contributed by atoms with Crippen molar-refractivity contribution in [3.8, 4) is 0 Å². The van der Waals surface area contributed by atoms with Gasteiger partial charge in [-0.2, -0.15) is 0 Å². The molecule has 0 aromatic heterocycles. The predicted molar refractivity (Wildman–Crippen MR) is 81.7 cm³/mol. The van der Waals surface area contributed by atoms with E-state index in [4.69, 9.17) is 10.5 Å². The second kappa shape index (κ2) is 8.47. The molecule has 5 nitrogen and oxygen atoms in total. The average Bonchev–Trinajstić information content (AvgIpc) is 2.32. The Hall–Kier alpha value is -0.810. The van der Waals surface area contributed by atoms with Gasteiger partial charge in [0, 0.05) is 12.1 Å². The molecule has 1 aliphatic carbocycles. The first-order valence-corrected chi connectivity index (χ1v) is 7.83. The van der Waals surface area contributed by atoms with E-state index in [1.807, 2.05) is 20.8 Å². The van der Waals surface area contributed by atoms with E-state index in [2.05, 4.69) is 10.6 Å². The standard InChI is InChI=1S/C15H31N3O2/c1-15(2,3)20-14(19)18-13-8-6-7-12(11-13)17-10-5-4-9-16/h12-13,17H,4-11,16H2,1-3H3,(H,18,19). The molecule has 2 unspecified atom stereocenters. The number of nitrogens with one attached hydrogen (secondary N) is 2. The molecule has 4 N–H and O–H groups in total. The van der Waals surface area contributed by atoms with E-state index >= 15 is 0 Å². The summed E-state index contributed by atoms with van der Waals surface area (Å²) in [5.41, 5.74) is 5.05. The smallest absolute Gasteiger partial charge is 0.407 e. The zero-order valence-electron chi connectivity index (χ0n) is 13.2. The van der Waals surface area contributed by atoms with E-state index in [0.717, 1.165) is 45.2 Å². The number of alkyl carbamates (subject to hydrolysis) is 1. The minimum Gasteiger partial charge on any atom is -0.444 e. The summed E-state index contributed by atoms with van der Waals surface area (Å²) in [5.74, 6) is 0. The summed E-state index contributed by atoms with van der Waals surface area (Å²) in [6.07, 6.45) is 6.26. The molecular formula is C15H31N3O2. The number of hydrogen-bond donors (Lipinski definition) is 3. The van der Waals surface area contributed by atoms with Crippen LogP contribution in [0.15, 0.2) is 0 Å². The third-order valence-corrected chi connectivity index (χ3v) is 3.46. The first-order valence-electron chi connectivity index (χ1n) is 7.83. The molecule has 118 valence electrons. The number of amides is 1. The summed E-state index contributed by atoms with van der Waals surface area (Å²) >= 11 is 0. The van der Waals surface area contributed by atoms with Crippen LogP contribution in [0.25, 0.3) is 0 Å². The van der Waals surface area contributed by atoms with Crippen LogP contribution in [0.5, 0.6) is 0 Å². The van der Waals surface area contributed by atoms with Gasteiger partial charge < -0.3 is 21.1 Å². The number of hydrogen-bond acceptors (Lipinski definition) is 4. The van der Waals surface area contributed by atoms with Gasteiger partial charge in [-0.3, -0.25) is 0 Å². The van der Waals surface area contributed by atoms with Crippen molar-refractivity contribution >= 4 is 6.09 Å². The van der Waals surface area contributed by atoms with E-state index in [1.54, 1.807) is 0 Å². The highest BCUT2D eigenvalue weighted by atomic mass is 16.6. The predicted octanol–water partition coefficient (Wildman–Crippen LogP) is 2.15. The number of carbonyl (C=O) groups is 1. The molecule has 1 aliphatic rings. The van der Waals surface area contributed by atoms with Gasteiger partial charge in [0.1, 0.15) is 5.60 Å². The van der Waals surface area contributed by atoms with Gasteiger partial charge in [-0.1, -0.05) is 0 Å². The third kappa shape index (κ3) is 7.70. The van der Waals surface area contributed by atoms with Gasteiger partial charge in [0.2, 0.25) is 0 Å². The number of unbranched alkanes of at least 4 members (excludes halogenated alkanes) is 1. The van der Waals surface area contributed by atoms with Crippen LogP contribution in [0.3, 0.4) is 0 Å². The quantitative estimate of drug-likeness (QED) is 0.654. The molecule has 0 radical (unpaired) electrons. The number of ether oxygens (including phenoxy) is 1. The maximum absolute atomic E-state index is 11.8. The van der Waals surface area contributed by atoms with E-state index < -0.39 is 5.60 Å². The highest BCUT2D eigenvalue weighted by molar-refractivity contribution is 5.68. The molecule has 0 aliphatic heterocycles. The minimum absolute atomic E-state index is 0.227. The average molecular weight is 285 g/mol. The van der Waals surface area contributed by atoms with Crippen molar-refractivity contribution in [2.75, 3.05) is 13.1 Å². The van der Waals surface area contributed by atoms with Crippen molar-refractivity contribution in [3.05, 3.63) is 0 Å². The molecule has 0 aromatic rings. The van der Waals surface area contributed by atoms with E-state index in [0.29, 0.717) is 6.04 Å². The Morgan fingerprint density at radius 1 is 1.25 bits per heavy atom. The summed E-state index contributed by atoms with van der Waals surface area (Å²) in [6, 6.07) is 0.729. The number of carbonyl (C=O) groups excluding carboxylic acids is 1.